The van der Waals surface area contributed by atoms with E-state index in [9.17, 15) is 0 Å². The molecule has 3 heteroatoms. The third kappa shape index (κ3) is 4.53. The minimum Gasteiger partial charge on any atom is -0.380 e. The molecule has 0 spiro atoms. The van der Waals surface area contributed by atoms with Crippen LogP contribution < -0.4 is 5.32 Å². The third-order valence-corrected chi connectivity index (χ3v) is 4.32. The number of piperazine rings is 1. The number of hydrogen-bond donors (Lipinski definition) is 1. The highest BCUT2D eigenvalue weighted by Crippen LogP contribution is 2.26. The van der Waals surface area contributed by atoms with Crippen molar-refractivity contribution in [1.82, 2.24) is 10.2 Å². The molecule has 0 amide bonds. The number of nitrogens with zero attached hydrogens (tertiary/aromatic N) is 1. The van der Waals surface area contributed by atoms with Gasteiger partial charge in [-0.2, -0.15) is 0 Å². The molecule has 2 unspecified atom stereocenters. The second-order valence-electron chi connectivity index (χ2n) is 6.87. The maximum absolute atomic E-state index is 5.76. The van der Waals surface area contributed by atoms with E-state index in [4.69, 9.17) is 4.74 Å². The molecule has 0 saturated carbocycles. The van der Waals surface area contributed by atoms with Gasteiger partial charge >= 0.3 is 0 Å². The standard InChI is InChI=1S/C18H30N2O/c1-15(2)13-21-11-10-20-14-18(4,19-12-16(20)3)17-8-6-5-7-9-17/h5-9,15-16,19H,10-14H2,1-4H3. The highest BCUT2D eigenvalue weighted by atomic mass is 16.5. The second kappa shape index (κ2) is 7.39. The quantitative estimate of drug-likeness (QED) is 0.815. The lowest BCUT2D eigenvalue weighted by Gasteiger charge is -2.45. The van der Waals surface area contributed by atoms with Crippen LogP contribution in [-0.4, -0.2) is 43.8 Å². The lowest BCUT2D eigenvalue weighted by atomic mass is 9.88. The Hall–Kier alpha value is -0.900. The minimum absolute atomic E-state index is 0.0335. The van der Waals surface area contributed by atoms with Crippen molar-refractivity contribution in [2.45, 2.75) is 39.3 Å². The van der Waals surface area contributed by atoms with Crippen LogP contribution in [0.1, 0.15) is 33.3 Å². The number of rotatable bonds is 6. The summed E-state index contributed by atoms with van der Waals surface area (Å²) in [6.45, 7) is 13.7. The molecule has 1 aliphatic rings. The van der Waals surface area contributed by atoms with Gasteiger partial charge in [-0.1, -0.05) is 44.2 Å². The van der Waals surface area contributed by atoms with E-state index in [2.05, 4.69) is 68.2 Å². The fourth-order valence-corrected chi connectivity index (χ4v) is 2.92. The average molecular weight is 290 g/mol. The first kappa shape index (κ1) is 16.5. The summed E-state index contributed by atoms with van der Waals surface area (Å²) in [5.74, 6) is 0.611. The average Bonchev–Trinajstić information content (AvgIpc) is 2.48. The van der Waals surface area contributed by atoms with Gasteiger partial charge in [0.1, 0.15) is 0 Å². The van der Waals surface area contributed by atoms with Crippen molar-refractivity contribution >= 4 is 0 Å². The molecular formula is C18H30N2O. The van der Waals surface area contributed by atoms with Gasteiger partial charge in [-0.25, -0.2) is 0 Å². The van der Waals surface area contributed by atoms with Crippen molar-refractivity contribution in [2.75, 3.05) is 32.8 Å². The third-order valence-electron chi connectivity index (χ3n) is 4.32. The maximum atomic E-state index is 5.76. The minimum atomic E-state index is 0.0335. The lowest BCUT2D eigenvalue weighted by Crippen LogP contribution is -2.60. The molecule has 1 aliphatic heterocycles. The van der Waals surface area contributed by atoms with Gasteiger partial charge in [0, 0.05) is 32.3 Å². The Morgan fingerprint density at radius 2 is 2.05 bits per heavy atom. The van der Waals surface area contributed by atoms with Gasteiger partial charge in [0.15, 0.2) is 0 Å². The fraction of sp³-hybridized carbons (Fsp3) is 0.667. The maximum Gasteiger partial charge on any atom is 0.0593 e. The van der Waals surface area contributed by atoms with Gasteiger partial charge in [0.2, 0.25) is 0 Å². The molecule has 0 aromatic heterocycles. The molecule has 0 aliphatic carbocycles. The molecule has 2 rings (SSSR count). The molecule has 1 N–H and O–H groups in total. The lowest BCUT2D eigenvalue weighted by molar-refractivity contribution is 0.0420. The number of ether oxygens (including phenoxy) is 1. The van der Waals surface area contributed by atoms with E-state index in [1.165, 1.54) is 5.56 Å². The summed E-state index contributed by atoms with van der Waals surface area (Å²) in [6.07, 6.45) is 0. The first-order chi connectivity index (χ1) is 10.0. The second-order valence-corrected chi connectivity index (χ2v) is 6.87. The van der Waals surface area contributed by atoms with Gasteiger partial charge < -0.3 is 10.1 Å². The predicted molar refractivity (Wildman–Crippen MR) is 88.5 cm³/mol. The molecule has 0 bridgehead atoms. The van der Waals surface area contributed by atoms with Gasteiger partial charge in [0.25, 0.3) is 0 Å². The van der Waals surface area contributed by atoms with Crippen LogP contribution in [0.25, 0.3) is 0 Å². The van der Waals surface area contributed by atoms with Crippen molar-refractivity contribution in [3.63, 3.8) is 0 Å². The van der Waals surface area contributed by atoms with Crippen LogP contribution in [0.5, 0.6) is 0 Å². The summed E-state index contributed by atoms with van der Waals surface area (Å²) in [5.41, 5.74) is 1.40. The summed E-state index contributed by atoms with van der Waals surface area (Å²) >= 11 is 0. The van der Waals surface area contributed by atoms with E-state index in [1.807, 2.05) is 0 Å². The van der Waals surface area contributed by atoms with E-state index >= 15 is 0 Å². The summed E-state index contributed by atoms with van der Waals surface area (Å²) < 4.78 is 5.76. The number of hydrogen-bond acceptors (Lipinski definition) is 3. The summed E-state index contributed by atoms with van der Waals surface area (Å²) in [7, 11) is 0. The van der Waals surface area contributed by atoms with E-state index in [0.29, 0.717) is 12.0 Å². The topological polar surface area (TPSA) is 24.5 Å². The monoisotopic (exact) mass is 290 g/mol. The number of nitrogens with one attached hydrogen (secondary N) is 1. The number of benzene rings is 1. The van der Waals surface area contributed by atoms with Crippen molar-refractivity contribution < 1.29 is 4.74 Å². The first-order valence-electron chi connectivity index (χ1n) is 8.13. The highest BCUT2D eigenvalue weighted by Gasteiger charge is 2.34. The van der Waals surface area contributed by atoms with Crippen LogP contribution in [0, 0.1) is 5.92 Å². The van der Waals surface area contributed by atoms with Crippen molar-refractivity contribution in [3.8, 4) is 0 Å². The zero-order valence-corrected chi connectivity index (χ0v) is 13.9. The van der Waals surface area contributed by atoms with E-state index in [-0.39, 0.29) is 5.54 Å². The Kier molecular flexibility index (Phi) is 5.80. The predicted octanol–water partition coefficient (Wildman–Crippen LogP) is 2.87. The summed E-state index contributed by atoms with van der Waals surface area (Å²) in [6, 6.07) is 11.3. The first-order valence-corrected chi connectivity index (χ1v) is 8.13. The van der Waals surface area contributed by atoms with Crippen LogP contribution in [0.4, 0.5) is 0 Å². The van der Waals surface area contributed by atoms with Gasteiger partial charge in [-0.15, -0.1) is 0 Å². The molecule has 1 heterocycles. The Balaban J connectivity index is 1.92. The van der Waals surface area contributed by atoms with Crippen LogP contribution in [0.2, 0.25) is 0 Å². The molecule has 1 saturated heterocycles. The highest BCUT2D eigenvalue weighted by molar-refractivity contribution is 5.25. The fourth-order valence-electron chi connectivity index (χ4n) is 2.92. The molecule has 21 heavy (non-hydrogen) atoms. The molecule has 2 atom stereocenters. The molecular weight excluding hydrogens is 260 g/mol. The smallest absolute Gasteiger partial charge is 0.0593 e. The van der Waals surface area contributed by atoms with Crippen molar-refractivity contribution in [3.05, 3.63) is 35.9 Å². The van der Waals surface area contributed by atoms with Crippen LogP contribution >= 0.6 is 0 Å². The molecule has 1 fully saturated rings. The normalized spacial score (nSPS) is 27.2. The Morgan fingerprint density at radius 3 is 2.71 bits per heavy atom. The molecule has 118 valence electrons. The van der Waals surface area contributed by atoms with Gasteiger partial charge in [-0.3, -0.25) is 4.90 Å². The van der Waals surface area contributed by atoms with Crippen LogP contribution in [0.3, 0.4) is 0 Å². The molecule has 3 nitrogen and oxygen atoms in total. The van der Waals surface area contributed by atoms with Crippen LogP contribution in [-0.2, 0) is 10.3 Å². The molecule has 1 aromatic rings. The Bertz CT molecular complexity index is 420. The summed E-state index contributed by atoms with van der Waals surface area (Å²) in [4.78, 5) is 2.55. The SMILES string of the molecule is CC(C)COCCN1CC(C)(c2ccccc2)NCC1C. The zero-order chi connectivity index (χ0) is 15.3. The Labute approximate surface area is 129 Å². The van der Waals surface area contributed by atoms with E-state index < -0.39 is 0 Å². The zero-order valence-electron chi connectivity index (χ0n) is 13.9. The van der Waals surface area contributed by atoms with Crippen molar-refractivity contribution in [2.24, 2.45) is 5.92 Å². The van der Waals surface area contributed by atoms with Crippen LogP contribution in [0.15, 0.2) is 30.3 Å². The largest absolute Gasteiger partial charge is 0.380 e. The van der Waals surface area contributed by atoms with Crippen molar-refractivity contribution in [1.29, 1.82) is 0 Å². The molecule has 0 radical (unpaired) electrons. The Morgan fingerprint density at radius 1 is 1.33 bits per heavy atom. The van der Waals surface area contributed by atoms with E-state index in [1.54, 1.807) is 0 Å². The molecule has 1 aromatic carbocycles. The summed E-state index contributed by atoms with van der Waals surface area (Å²) in [5, 5.41) is 3.72. The van der Waals surface area contributed by atoms with Gasteiger partial charge in [0.05, 0.1) is 12.1 Å². The van der Waals surface area contributed by atoms with E-state index in [0.717, 1.165) is 32.8 Å². The van der Waals surface area contributed by atoms with Gasteiger partial charge in [-0.05, 0) is 25.3 Å².